The van der Waals surface area contributed by atoms with E-state index < -0.39 is 4.59 Å². The zero-order chi connectivity index (χ0) is 12.1. The summed E-state index contributed by atoms with van der Waals surface area (Å²) in [5, 5.41) is 0. The summed E-state index contributed by atoms with van der Waals surface area (Å²) in [5.74, 6) is 0. The van der Waals surface area contributed by atoms with E-state index in [-0.39, 0.29) is 0 Å². The van der Waals surface area contributed by atoms with E-state index in [0.717, 1.165) is 0 Å². The van der Waals surface area contributed by atoms with Gasteiger partial charge in [-0.15, -0.1) is 0 Å². The lowest BCUT2D eigenvalue weighted by Crippen LogP contribution is -2.03. The topological polar surface area (TPSA) is 0 Å². The van der Waals surface area contributed by atoms with E-state index in [1.165, 1.54) is 0 Å². The first-order valence-electron chi connectivity index (χ1n) is 5.02. The van der Waals surface area contributed by atoms with Crippen molar-refractivity contribution in [1.29, 1.82) is 0 Å². The molecule has 88 valence electrons. The van der Waals surface area contributed by atoms with Gasteiger partial charge in [0.2, 0.25) is 0 Å². The number of hydrogen-bond acceptors (Lipinski definition) is 2. The van der Waals surface area contributed by atoms with Gasteiger partial charge in [-0.2, -0.15) is 8.78 Å². The highest BCUT2D eigenvalue weighted by molar-refractivity contribution is 8.17. The Labute approximate surface area is 107 Å². The van der Waals surface area contributed by atoms with Gasteiger partial charge in [-0.05, 0) is 47.8 Å². The van der Waals surface area contributed by atoms with Gasteiger partial charge in [-0.1, -0.05) is 36.4 Å². The minimum absolute atomic E-state index is 0.570. The number of hydrogen-bond donors (Lipinski definition) is 0. The molecule has 17 heavy (non-hydrogen) atoms. The highest BCUT2D eigenvalue weighted by Gasteiger charge is 2.31. The van der Waals surface area contributed by atoms with E-state index in [4.69, 9.17) is 0 Å². The molecular formula is C13H10F2S2. The van der Waals surface area contributed by atoms with E-state index in [1.807, 2.05) is 12.1 Å². The molecule has 0 spiro atoms. The fourth-order valence-corrected chi connectivity index (χ4v) is 3.15. The summed E-state index contributed by atoms with van der Waals surface area (Å²) in [7, 11) is 0. The van der Waals surface area contributed by atoms with E-state index in [1.54, 1.807) is 48.5 Å². The Kier molecular flexibility index (Phi) is 4.07. The Balaban J connectivity index is 2.04. The summed E-state index contributed by atoms with van der Waals surface area (Å²) in [5.41, 5.74) is 0. The molecule has 0 N–H and O–H groups in total. The molecule has 0 aliphatic rings. The summed E-state index contributed by atoms with van der Waals surface area (Å²) >= 11 is 1.14. The lowest BCUT2D eigenvalue weighted by atomic mass is 10.4. The van der Waals surface area contributed by atoms with Crippen molar-refractivity contribution in [2.45, 2.75) is 14.4 Å². The molecule has 0 fully saturated rings. The van der Waals surface area contributed by atoms with Crippen LogP contribution < -0.4 is 0 Å². The van der Waals surface area contributed by atoms with Gasteiger partial charge in [0.05, 0.1) is 0 Å². The van der Waals surface area contributed by atoms with Crippen LogP contribution in [0.15, 0.2) is 70.5 Å². The standard InChI is InChI=1S/C13H10F2S2/c14-13(15,16-11-7-3-1-4-8-11)17-12-9-5-2-6-10-12/h1-10H. The average molecular weight is 268 g/mol. The minimum Gasteiger partial charge on any atom is -0.182 e. The zero-order valence-corrected chi connectivity index (χ0v) is 10.5. The first-order chi connectivity index (χ1) is 8.16. The number of alkyl halides is 2. The van der Waals surface area contributed by atoms with E-state index >= 15 is 0 Å². The smallest absolute Gasteiger partial charge is 0.182 e. The molecule has 0 aromatic heterocycles. The molecule has 0 bridgehead atoms. The van der Waals surface area contributed by atoms with Gasteiger partial charge >= 0.3 is 4.59 Å². The number of rotatable bonds is 4. The van der Waals surface area contributed by atoms with Crippen molar-refractivity contribution in [2.24, 2.45) is 0 Å². The molecule has 0 aliphatic carbocycles. The van der Waals surface area contributed by atoms with Gasteiger partial charge in [0.25, 0.3) is 0 Å². The number of halogens is 2. The third-order valence-corrected chi connectivity index (χ3v) is 3.95. The second kappa shape index (κ2) is 5.56. The molecule has 0 atom stereocenters. The molecule has 2 aromatic carbocycles. The van der Waals surface area contributed by atoms with Crippen LogP contribution >= 0.6 is 23.5 Å². The van der Waals surface area contributed by atoms with Crippen LogP contribution in [0.3, 0.4) is 0 Å². The van der Waals surface area contributed by atoms with E-state index in [9.17, 15) is 8.78 Å². The van der Waals surface area contributed by atoms with Gasteiger partial charge in [0, 0.05) is 9.79 Å². The van der Waals surface area contributed by atoms with Gasteiger partial charge in [-0.3, -0.25) is 0 Å². The molecule has 4 heteroatoms. The Morgan fingerprint density at radius 3 is 1.35 bits per heavy atom. The van der Waals surface area contributed by atoms with Crippen LogP contribution in [0, 0.1) is 0 Å². The van der Waals surface area contributed by atoms with Gasteiger partial charge in [0.1, 0.15) is 0 Å². The first-order valence-corrected chi connectivity index (χ1v) is 6.65. The molecule has 0 aliphatic heterocycles. The second-order valence-corrected chi connectivity index (χ2v) is 5.93. The summed E-state index contributed by atoms with van der Waals surface area (Å²) in [6, 6.07) is 17.4. The predicted molar refractivity (Wildman–Crippen MR) is 69.5 cm³/mol. The van der Waals surface area contributed by atoms with Crippen molar-refractivity contribution in [3.05, 3.63) is 60.7 Å². The average Bonchev–Trinajstić information content (AvgIpc) is 2.30. The van der Waals surface area contributed by atoms with Crippen molar-refractivity contribution in [3.8, 4) is 0 Å². The highest BCUT2D eigenvalue weighted by Crippen LogP contribution is 2.47. The quantitative estimate of drug-likeness (QED) is 0.557. The molecule has 2 aromatic rings. The summed E-state index contributed by atoms with van der Waals surface area (Å²) in [4.78, 5) is 1.14. The largest absolute Gasteiger partial charge is 0.350 e. The molecule has 2 rings (SSSR count). The third kappa shape index (κ3) is 4.06. The molecule has 0 unspecified atom stereocenters. The summed E-state index contributed by atoms with van der Waals surface area (Å²) < 4.78 is 24.6. The Morgan fingerprint density at radius 1 is 0.647 bits per heavy atom. The maximum atomic E-state index is 13.7. The third-order valence-electron chi connectivity index (χ3n) is 1.96. The van der Waals surface area contributed by atoms with Crippen molar-refractivity contribution in [2.75, 3.05) is 0 Å². The maximum Gasteiger partial charge on any atom is 0.350 e. The van der Waals surface area contributed by atoms with Gasteiger partial charge in [0.15, 0.2) is 0 Å². The Morgan fingerprint density at radius 2 is 1.00 bits per heavy atom. The SMILES string of the molecule is FC(F)(Sc1ccccc1)Sc1ccccc1. The summed E-state index contributed by atoms with van der Waals surface area (Å²) in [6.07, 6.45) is 0. The molecule has 0 saturated heterocycles. The van der Waals surface area contributed by atoms with Crippen molar-refractivity contribution in [3.63, 3.8) is 0 Å². The van der Waals surface area contributed by atoms with Crippen LogP contribution in [-0.4, -0.2) is 4.59 Å². The van der Waals surface area contributed by atoms with Crippen LogP contribution in [0.2, 0.25) is 0 Å². The van der Waals surface area contributed by atoms with Crippen LogP contribution in [0.5, 0.6) is 0 Å². The van der Waals surface area contributed by atoms with Crippen LogP contribution in [0.25, 0.3) is 0 Å². The minimum atomic E-state index is -2.86. The monoisotopic (exact) mass is 268 g/mol. The fourth-order valence-electron chi connectivity index (χ4n) is 1.27. The Bertz CT molecular complexity index is 414. The van der Waals surface area contributed by atoms with Crippen molar-refractivity contribution in [1.82, 2.24) is 0 Å². The molecule has 0 nitrogen and oxygen atoms in total. The predicted octanol–water partition coefficient (Wildman–Crippen LogP) is 5.12. The Hall–Kier alpha value is -1.00. The molecule has 0 amide bonds. The summed E-state index contributed by atoms with van der Waals surface area (Å²) in [6.45, 7) is 0. The highest BCUT2D eigenvalue weighted by atomic mass is 32.2. The molecular weight excluding hydrogens is 258 g/mol. The number of thioether (sulfide) groups is 2. The zero-order valence-electron chi connectivity index (χ0n) is 8.85. The van der Waals surface area contributed by atoms with Crippen LogP contribution in [0.1, 0.15) is 0 Å². The lowest BCUT2D eigenvalue weighted by molar-refractivity contribution is 0.212. The van der Waals surface area contributed by atoms with E-state index in [2.05, 4.69) is 0 Å². The lowest BCUT2D eigenvalue weighted by Gasteiger charge is -2.14. The molecule has 0 saturated carbocycles. The van der Waals surface area contributed by atoms with Crippen molar-refractivity contribution >= 4 is 23.5 Å². The van der Waals surface area contributed by atoms with Gasteiger partial charge in [-0.25, -0.2) is 0 Å². The second-order valence-electron chi connectivity index (χ2n) is 3.29. The van der Waals surface area contributed by atoms with E-state index in [0.29, 0.717) is 33.3 Å². The normalized spacial score (nSPS) is 11.4. The molecule has 0 radical (unpaired) electrons. The maximum absolute atomic E-state index is 13.7. The number of benzene rings is 2. The fraction of sp³-hybridized carbons (Fsp3) is 0.0769. The van der Waals surface area contributed by atoms with Crippen LogP contribution in [0.4, 0.5) is 8.78 Å². The van der Waals surface area contributed by atoms with Gasteiger partial charge < -0.3 is 0 Å². The first kappa shape index (κ1) is 12.5. The molecule has 0 heterocycles. The van der Waals surface area contributed by atoms with Crippen LogP contribution in [-0.2, 0) is 0 Å². The van der Waals surface area contributed by atoms with Crippen molar-refractivity contribution < 1.29 is 8.78 Å².